The van der Waals surface area contributed by atoms with Gasteiger partial charge in [0.2, 0.25) is 0 Å². The Kier molecular flexibility index (Phi) is 4.82. The van der Waals surface area contributed by atoms with Crippen molar-refractivity contribution in [2.45, 2.75) is 0 Å². The molecule has 5 heteroatoms. The second-order valence-corrected chi connectivity index (χ2v) is 4.25. The van der Waals surface area contributed by atoms with Crippen LogP contribution in [0.4, 0.5) is 5.69 Å². The standard InChI is InChI=1S/C16H15N3O2/c1-2-9-18-16(21)14-11-12(8-10-17-14)15(20)19-13-6-4-3-5-7-13/h2-8,10-11H,1,9H2,(H,18,21)(H,19,20). The van der Waals surface area contributed by atoms with Crippen LogP contribution in [0.3, 0.4) is 0 Å². The van der Waals surface area contributed by atoms with Crippen LogP contribution < -0.4 is 10.6 Å². The number of aromatic nitrogens is 1. The van der Waals surface area contributed by atoms with E-state index in [1.54, 1.807) is 24.3 Å². The first-order chi connectivity index (χ1) is 10.2. The third kappa shape index (κ3) is 4.01. The molecular formula is C16H15N3O2. The molecule has 5 nitrogen and oxygen atoms in total. The zero-order chi connectivity index (χ0) is 15.1. The van der Waals surface area contributed by atoms with Crippen molar-refractivity contribution in [3.05, 3.63) is 72.6 Å². The Bertz CT molecular complexity index is 654. The van der Waals surface area contributed by atoms with Gasteiger partial charge in [-0.15, -0.1) is 6.58 Å². The van der Waals surface area contributed by atoms with E-state index >= 15 is 0 Å². The quantitative estimate of drug-likeness (QED) is 0.826. The van der Waals surface area contributed by atoms with Gasteiger partial charge in [-0.05, 0) is 24.3 Å². The number of para-hydroxylation sites is 1. The summed E-state index contributed by atoms with van der Waals surface area (Å²) < 4.78 is 0. The molecule has 0 aliphatic heterocycles. The molecule has 0 saturated carbocycles. The van der Waals surface area contributed by atoms with Gasteiger partial charge in [-0.2, -0.15) is 0 Å². The van der Waals surface area contributed by atoms with Crippen LogP contribution in [0.1, 0.15) is 20.8 Å². The molecule has 0 fully saturated rings. The maximum absolute atomic E-state index is 12.1. The fourth-order valence-corrected chi connectivity index (χ4v) is 1.68. The molecule has 0 aliphatic carbocycles. The minimum atomic E-state index is -0.343. The third-order valence-electron chi connectivity index (χ3n) is 2.69. The summed E-state index contributed by atoms with van der Waals surface area (Å²) in [7, 11) is 0. The lowest BCUT2D eigenvalue weighted by atomic mass is 10.2. The molecule has 21 heavy (non-hydrogen) atoms. The van der Waals surface area contributed by atoms with Crippen molar-refractivity contribution in [1.29, 1.82) is 0 Å². The first-order valence-corrected chi connectivity index (χ1v) is 6.42. The lowest BCUT2D eigenvalue weighted by Crippen LogP contribution is -2.24. The Morgan fingerprint density at radius 3 is 2.62 bits per heavy atom. The minimum absolute atomic E-state index is 0.192. The number of carbonyl (C=O) groups excluding carboxylic acids is 2. The van der Waals surface area contributed by atoms with E-state index in [0.717, 1.165) is 0 Å². The fraction of sp³-hybridized carbons (Fsp3) is 0.0625. The number of benzene rings is 1. The molecule has 2 aromatic rings. The van der Waals surface area contributed by atoms with Gasteiger partial charge >= 0.3 is 0 Å². The number of amides is 2. The molecule has 0 bridgehead atoms. The van der Waals surface area contributed by atoms with Crippen LogP contribution in [0.5, 0.6) is 0 Å². The summed E-state index contributed by atoms with van der Waals surface area (Å²) in [6.45, 7) is 3.87. The second kappa shape index (κ2) is 7.00. The van der Waals surface area contributed by atoms with Crippen LogP contribution in [0, 0.1) is 0 Å². The van der Waals surface area contributed by atoms with E-state index in [0.29, 0.717) is 17.8 Å². The van der Waals surface area contributed by atoms with Gasteiger partial charge in [-0.1, -0.05) is 24.3 Å². The maximum atomic E-state index is 12.1. The number of nitrogens with one attached hydrogen (secondary N) is 2. The highest BCUT2D eigenvalue weighted by Crippen LogP contribution is 2.09. The van der Waals surface area contributed by atoms with Gasteiger partial charge in [0.1, 0.15) is 5.69 Å². The number of anilines is 1. The summed E-state index contributed by atoms with van der Waals surface area (Å²) in [5.41, 5.74) is 1.26. The highest BCUT2D eigenvalue weighted by molar-refractivity contribution is 6.05. The number of pyridine rings is 1. The molecule has 1 aromatic carbocycles. The Hall–Kier alpha value is -2.95. The zero-order valence-electron chi connectivity index (χ0n) is 11.4. The average molecular weight is 281 g/mol. The van der Waals surface area contributed by atoms with E-state index in [9.17, 15) is 9.59 Å². The van der Waals surface area contributed by atoms with E-state index in [4.69, 9.17) is 0 Å². The maximum Gasteiger partial charge on any atom is 0.270 e. The van der Waals surface area contributed by atoms with Crippen molar-refractivity contribution in [2.75, 3.05) is 11.9 Å². The third-order valence-corrected chi connectivity index (χ3v) is 2.69. The monoisotopic (exact) mass is 281 g/mol. The lowest BCUT2D eigenvalue weighted by molar-refractivity contribution is 0.0953. The first-order valence-electron chi connectivity index (χ1n) is 6.42. The Morgan fingerprint density at radius 1 is 1.14 bits per heavy atom. The molecule has 1 heterocycles. The zero-order valence-corrected chi connectivity index (χ0v) is 11.4. The highest BCUT2D eigenvalue weighted by Gasteiger charge is 2.11. The van der Waals surface area contributed by atoms with Gasteiger partial charge in [0.25, 0.3) is 11.8 Å². The molecule has 0 unspecified atom stereocenters. The van der Waals surface area contributed by atoms with Crippen LogP contribution in [0.25, 0.3) is 0 Å². The van der Waals surface area contributed by atoms with Crippen LogP contribution in [0.15, 0.2) is 61.3 Å². The average Bonchev–Trinajstić information content (AvgIpc) is 2.53. The molecule has 0 atom stereocenters. The number of carbonyl (C=O) groups is 2. The Labute approximate surface area is 122 Å². The fourth-order valence-electron chi connectivity index (χ4n) is 1.68. The van der Waals surface area contributed by atoms with Crippen LogP contribution in [0.2, 0.25) is 0 Å². The van der Waals surface area contributed by atoms with Gasteiger partial charge < -0.3 is 10.6 Å². The molecule has 0 spiro atoms. The topological polar surface area (TPSA) is 71.1 Å². The summed E-state index contributed by atoms with van der Waals surface area (Å²) in [6, 6.07) is 12.1. The van der Waals surface area contributed by atoms with Gasteiger partial charge in [0.15, 0.2) is 0 Å². The number of rotatable bonds is 5. The van der Waals surface area contributed by atoms with Crippen LogP contribution in [-0.2, 0) is 0 Å². The van der Waals surface area contributed by atoms with Gasteiger partial charge in [0, 0.05) is 24.0 Å². The van der Waals surface area contributed by atoms with Gasteiger partial charge in [-0.25, -0.2) is 0 Å². The van der Waals surface area contributed by atoms with Crippen LogP contribution >= 0.6 is 0 Å². The Balaban J connectivity index is 2.11. The summed E-state index contributed by atoms with van der Waals surface area (Å²) in [6.07, 6.45) is 3.01. The van der Waals surface area contributed by atoms with Crippen molar-refractivity contribution < 1.29 is 9.59 Å². The van der Waals surface area contributed by atoms with E-state index < -0.39 is 0 Å². The molecule has 2 rings (SSSR count). The van der Waals surface area contributed by atoms with Crippen molar-refractivity contribution in [3.63, 3.8) is 0 Å². The summed E-state index contributed by atoms with van der Waals surface area (Å²) in [5.74, 6) is -0.634. The molecular weight excluding hydrogens is 266 g/mol. The first kappa shape index (κ1) is 14.5. The molecule has 106 valence electrons. The number of nitrogens with zero attached hydrogens (tertiary/aromatic N) is 1. The number of hydrogen-bond acceptors (Lipinski definition) is 3. The van der Waals surface area contributed by atoms with E-state index in [1.807, 2.05) is 18.2 Å². The smallest absolute Gasteiger partial charge is 0.270 e. The summed E-state index contributed by atoms with van der Waals surface area (Å²) in [5, 5.41) is 5.37. The van der Waals surface area contributed by atoms with Crippen molar-refractivity contribution in [1.82, 2.24) is 10.3 Å². The molecule has 0 radical (unpaired) electrons. The van der Waals surface area contributed by atoms with Crippen molar-refractivity contribution in [2.24, 2.45) is 0 Å². The normalized spacial score (nSPS) is 9.71. The molecule has 2 amide bonds. The van der Waals surface area contributed by atoms with Crippen molar-refractivity contribution in [3.8, 4) is 0 Å². The number of hydrogen-bond donors (Lipinski definition) is 2. The second-order valence-electron chi connectivity index (χ2n) is 4.25. The Morgan fingerprint density at radius 2 is 1.90 bits per heavy atom. The van der Waals surface area contributed by atoms with Gasteiger partial charge in [-0.3, -0.25) is 14.6 Å². The minimum Gasteiger partial charge on any atom is -0.347 e. The molecule has 0 saturated heterocycles. The van der Waals surface area contributed by atoms with E-state index in [2.05, 4.69) is 22.2 Å². The summed E-state index contributed by atoms with van der Waals surface area (Å²) >= 11 is 0. The SMILES string of the molecule is C=CCNC(=O)c1cc(C(=O)Nc2ccccc2)ccn1. The van der Waals surface area contributed by atoms with E-state index in [-0.39, 0.29) is 17.5 Å². The van der Waals surface area contributed by atoms with Crippen LogP contribution in [-0.4, -0.2) is 23.3 Å². The van der Waals surface area contributed by atoms with E-state index in [1.165, 1.54) is 12.3 Å². The van der Waals surface area contributed by atoms with Gasteiger partial charge in [0.05, 0.1) is 0 Å². The lowest BCUT2D eigenvalue weighted by Gasteiger charge is -2.06. The summed E-state index contributed by atoms with van der Waals surface area (Å²) in [4.78, 5) is 27.9. The molecule has 2 N–H and O–H groups in total. The highest BCUT2D eigenvalue weighted by atomic mass is 16.2. The largest absolute Gasteiger partial charge is 0.347 e. The van der Waals surface area contributed by atoms with Crippen molar-refractivity contribution >= 4 is 17.5 Å². The molecule has 1 aromatic heterocycles. The predicted octanol–water partition coefficient (Wildman–Crippen LogP) is 2.25. The predicted molar refractivity (Wildman–Crippen MR) is 81.2 cm³/mol. The molecule has 0 aliphatic rings.